The van der Waals surface area contributed by atoms with Gasteiger partial charge in [-0.05, 0) is 115 Å². The fraction of sp³-hybridized carbons (Fsp3) is 0.0714. The van der Waals surface area contributed by atoms with Crippen LogP contribution in [0, 0.1) is 6.92 Å². The molecular weight excluding hydrogens is 518 g/mol. The second-order valence-electron chi connectivity index (χ2n) is 11.5. The molecule has 1 aliphatic rings. The molecule has 43 heavy (non-hydrogen) atoms. The highest BCUT2D eigenvalue weighted by Crippen LogP contribution is 2.44. The predicted molar refractivity (Wildman–Crippen MR) is 183 cm³/mol. The van der Waals surface area contributed by atoms with Crippen molar-refractivity contribution >= 4 is 27.6 Å². The molecule has 1 aromatic heterocycles. The lowest BCUT2D eigenvalue weighted by Gasteiger charge is -2.19. The fourth-order valence-electron chi connectivity index (χ4n) is 6.77. The van der Waals surface area contributed by atoms with Crippen molar-refractivity contribution in [2.75, 3.05) is 0 Å². The molecule has 0 bridgehead atoms. The largest absolute Gasteiger partial charge is 0.262 e. The van der Waals surface area contributed by atoms with Gasteiger partial charge in [0, 0.05) is 11.9 Å². The smallest absolute Gasteiger partial charge is 0.0378 e. The van der Waals surface area contributed by atoms with E-state index in [1.165, 1.54) is 77.2 Å². The normalized spacial score (nSPS) is 12.5. The van der Waals surface area contributed by atoms with Crippen LogP contribution in [0.3, 0.4) is 0 Å². The van der Waals surface area contributed by atoms with Crippen LogP contribution in [0.15, 0.2) is 140 Å². The van der Waals surface area contributed by atoms with E-state index >= 15 is 0 Å². The van der Waals surface area contributed by atoms with Gasteiger partial charge in [0.05, 0.1) is 0 Å². The van der Waals surface area contributed by atoms with Crippen LogP contribution in [0.1, 0.15) is 23.2 Å². The monoisotopic (exact) mass is 549 g/mol. The average molecular weight is 550 g/mol. The van der Waals surface area contributed by atoms with Crippen molar-refractivity contribution in [3.63, 3.8) is 0 Å². The number of nitrogens with zero attached hydrogens (tertiary/aromatic N) is 1. The van der Waals surface area contributed by atoms with Crippen molar-refractivity contribution in [1.82, 2.24) is 4.98 Å². The van der Waals surface area contributed by atoms with Gasteiger partial charge in [-0.25, -0.2) is 0 Å². The molecule has 0 amide bonds. The van der Waals surface area contributed by atoms with Crippen molar-refractivity contribution < 1.29 is 0 Å². The van der Waals surface area contributed by atoms with Crippen LogP contribution >= 0.6 is 0 Å². The van der Waals surface area contributed by atoms with Crippen LogP contribution in [0.4, 0.5) is 0 Å². The van der Waals surface area contributed by atoms with E-state index in [0.717, 1.165) is 18.5 Å². The van der Waals surface area contributed by atoms with Crippen LogP contribution in [0.25, 0.3) is 72.1 Å². The summed E-state index contributed by atoms with van der Waals surface area (Å²) >= 11 is 0. The Balaban J connectivity index is 1.29. The Kier molecular flexibility index (Phi) is 6.23. The number of rotatable bonds is 4. The van der Waals surface area contributed by atoms with Gasteiger partial charge in [-0.3, -0.25) is 4.98 Å². The summed E-state index contributed by atoms with van der Waals surface area (Å²) in [5.74, 6) is 0. The van der Waals surface area contributed by atoms with E-state index in [9.17, 15) is 0 Å². The summed E-state index contributed by atoms with van der Waals surface area (Å²) in [6.07, 6.45) is 8.64. The van der Waals surface area contributed by atoms with Crippen LogP contribution in [0.5, 0.6) is 0 Å². The van der Waals surface area contributed by atoms with Crippen molar-refractivity contribution in [3.8, 4) is 44.5 Å². The van der Waals surface area contributed by atoms with Gasteiger partial charge >= 0.3 is 0 Å². The van der Waals surface area contributed by atoms with E-state index < -0.39 is 0 Å². The first-order valence-electron chi connectivity index (χ1n) is 15.1. The summed E-state index contributed by atoms with van der Waals surface area (Å²) in [4.78, 5) is 4.35. The zero-order chi connectivity index (χ0) is 28.8. The Morgan fingerprint density at radius 1 is 0.488 bits per heavy atom. The lowest BCUT2D eigenvalue weighted by atomic mass is 9.84. The molecule has 204 valence electrons. The van der Waals surface area contributed by atoms with E-state index in [1.807, 2.05) is 13.1 Å². The quantitative estimate of drug-likeness (QED) is 0.199. The second kappa shape index (κ2) is 10.5. The molecule has 1 nitrogen and oxygen atoms in total. The summed E-state index contributed by atoms with van der Waals surface area (Å²) in [5, 5.41) is 5.17. The third-order valence-corrected chi connectivity index (χ3v) is 8.84. The minimum Gasteiger partial charge on any atom is -0.262 e. The first-order valence-corrected chi connectivity index (χ1v) is 15.1. The third-order valence-electron chi connectivity index (χ3n) is 8.84. The number of benzene rings is 6. The molecule has 0 N–H and O–H groups in total. The number of fused-ring (bicyclic) bond motifs is 3. The van der Waals surface area contributed by atoms with Gasteiger partial charge in [-0.2, -0.15) is 0 Å². The zero-order valence-electron chi connectivity index (χ0n) is 24.2. The SMILES string of the molecule is Cc1cc(-c2ccc(-c3cccc(-c4c5ccccc5c(-c5ccc6c(c5)CCC=C6)c5ccccc45)c3)cc2)ccn1. The van der Waals surface area contributed by atoms with Gasteiger partial charge in [0.15, 0.2) is 0 Å². The molecule has 0 radical (unpaired) electrons. The molecule has 0 atom stereocenters. The standard InChI is InChI=1S/C42H31N/c1-28-25-34(23-24-43-28)31-19-17-30(18-20-31)33-11-8-12-35(26-33)41-37-13-4-6-15-39(37)42(40-16-7-5-14-38(40)41)36-22-21-29-9-2-3-10-32(29)27-36/h2,4-9,11-27H,3,10H2,1H3. The highest BCUT2D eigenvalue weighted by atomic mass is 14.6. The summed E-state index contributed by atoms with van der Waals surface area (Å²) in [6.45, 7) is 2.04. The Morgan fingerprint density at radius 3 is 1.67 bits per heavy atom. The Bertz CT molecular complexity index is 2130. The zero-order valence-corrected chi connectivity index (χ0v) is 24.2. The van der Waals surface area contributed by atoms with E-state index in [-0.39, 0.29) is 0 Å². The fourth-order valence-corrected chi connectivity index (χ4v) is 6.77. The first-order chi connectivity index (χ1) is 21.2. The van der Waals surface area contributed by atoms with Crippen molar-refractivity contribution in [1.29, 1.82) is 0 Å². The molecule has 6 aromatic carbocycles. The van der Waals surface area contributed by atoms with Crippen LogP contribution in [0.2, 0.25) is 0 Å². The molecule has 7 aromatic rings. The van der Waals surface area contributed by atoms with Gasteiger partial charge in [0.2, 0.25) is 0 Å². The van der Waals surface area contributed by atoms with Crippen LogP contribution in [-0.4, -0.2) is 4.98 Å². The number of hydrogen-bond donors (Lipinski definition) is 0. The molecule has 0 spiro atoms. The highest BCUT2D eigenvalue weighted by molar-refractivity contribution is 6.21. The van der Waals surface area contributed by atoms with Gasteiger partial charge in [0.1, 0.15) is 0 Å². The highest BCUT2D eigenvalue weighted by Gasteiger charge is 2.18. The Morgan fingerprint density at radius 2 is 1.05 bits per heavy atom. The third kappa shape index (κ3) is 4.54. The number of allylic oxidation sites excluding steroid dienone is 1. The van der Waals surface area contributed by atoms with Gasteiger partial charge in [0.25, 0.3) is 0 Å². The maximum atomic E-state index is 4.35. The van der Waals surface area contributed by atoms with E-state index in [2.05, 4.69) is 145 Å². The Hall–Kier alpha value is -5.27. The molecule has 0 saturated carbocycles. The lowest BCUT2D eigenvalue weighted by Crippen LogP contribution is -1.96. The Labute approximate surface area is 252 Å². The molecule has 0 unspecified atom stereocenters. The van der Waals surface area contributed by atoms with Gasteiger partial charge < -0.3 is 0 Å². The molecule has 1 heteroatoms. The van der Waals surface area contributed by atoms with Crippen LogP contribution < -0.4 is 0 Å². The van der Waals surface area contributed by atoms with Crippen LogP contribution in [-0.2, 0) is 6.42 Å². The molecule has 0 fully saturated rings. The van der Waals surface area contributed by atoms with Gasteiger partial charge in [-0.1, -0.05) is 121 Å². The summed E-state index contributed by atoms with van der Waals surface area (Å²) in [7, 11) is 0. The second-order valence-corrected chi connectivity index (χ2v) is 11.5. The molecule has 0 aliphatic heterocycles. The number of pyridine rings is 1. The van der Waals surface area contributed by atoms with Gasteiger partial charge in [-0.15, -0.1) is 0 Å². The number of aryl methyl sites for hydroxylation is 2. The molecular formula is C42H31N. The lowest BCUT2D eigenvalue weighted by molar-refractivity contribution is 0.986. The van der Waals surface area contributed by atoms with Crippen molar-refractivity contribution in [2.24, 2.45) is 0 Å². The minimum absolute atomic E-state index is 1.03. The number of aromatic nitrogens is 1. The molecule has 0 saturated heterocycles. The predicted octanol–water partition coefficient (Wildman–Crippen LogP) is 11.3. The van der Waals surface area contributed by atoms with E-state index in [0.29, 0.717) is 0 Å². The molecule has 8 rings (SSSR count). The van der Waals surface area contributed by atoms with E-state index in [4.69, 9.17) is 0 Å². The number of hydrogen-bond acceptors (Lipinski definition) is 1. The summed E-state index contributed by atoms with van der Waals surface area (Å²) in [6, 6.07) is 47.0. The first kappa shape index (κ1) is 25.4. The minimum atomic E-state index is 1.03. The molecule has 1 heterocycles. The maximum absolute atomic E-state index is 4.35. The molecule has 1 aliphatic carbocycles. The van der Waals surface area contributed by atoms with E-state index in [1.54, 1.807) is 0 Å². The summed E-state index contributed by atoms with van der Waals surface area (Å²) < 4.78 is 0. The van der Waals surface area contributed by atoms with Crippen molar-refractivity contribution in [2.45, 2.75) is 19.8 Å². The van der Waals surface area contributed by atoms with Crippen molar-refractivity contribution in [3.05, 3.63) is 156 Å². The maximum Gasteiger partial charge on any atom is 0.0378 e. The summed E-state index contributed by atoms with van der Waals surface area (Å²) in [5.41, 5.74) is 13.8. The average Bonchev–Trinajstić information content (AvgIpc) is 3.07. The topological polar surface area (TPSA) is 12.9 Å².